The average molecular weight is 170 g/mol. The molecule has 0 saturated heterocycles. The van der Waals surface area contributed by atoms with Crippen LogP contribution in [0.1, 0.15) is 45.4 Å². The summed E-state index contributed by atoms with van der Waals surface area (Å²) in [6.45, 7) is 7.54. The van der Waals surface area contributed by atoms with Crippen molar-refractivity contribution in [2.24, 2.45) is 0 Å². The van der Waals surface area contributed by atoms with Gasteiger partial charge in [0.2, 0.25) is 0 Å². The first kappa shape index (κ1) is 11.7. The van der Waals surface area contributed by atoms with Crippen molar-refractivity contribution in [1.29, 1.82) is 0 Å². The third-order valence-corrected chi connectivity index (χ3v) is 1.90. The number of hydrogen-bond acceptors (Lipinski definition) is 1. The molecule has 0 spiro atoms. The van der Waals surface area contributed by atoms with E-state index >= 15 is 0 Å². The van der Waals surface area contributed by atoms with Crippen molar-refractivity contribution in [2.75, 3.05) is 13.2 Å². The highest BCUT2D eigenvalue weighted by Gasteiger charge is 1.89. The second-order valence-electron chi connectivity index (χ2n) is 3.04. The lowest BCUT2D eigenvalue weighted by atomic mass is 10.1. The SMILES string of the molecule is C=CCCCCCCCOCC. The van der Waals surface area contributed by atoms with Gasteiger partial charge in [0.15, 0.2) is 0 Å². The molecule has 0 heterocycles. The van der Waals surface area contributed by atoms with E-state index in [1.165, 1.54) is 38.5 Å². The third kappa shape index (κ3) is 9.70. The zero-order valence-electron chi connectivity index (χ0n) is 8.35. The Hall–Kier alpha value is -0.300. The Morgan fingerprint density at radius 2 is 1.75 bits per heavy atom. The van der Waals surface area contributed by atoms with E-state index in [1.54, 1.807) is 0 Å². The highest BCUT2D eigenvalue weighted by molar-refractivity contribution is 4.65. The van der Waals surface area contributed by atoms with Crippen molar-refractivity contribution >= 4 is 0 Å². The van der Waals surface area contributed by atoms with Gasteiger partial charge in [-0.05, 0) is 26.2 Å². The quantitative estimate of drug-likeness (QED) is 0.380. The molecule has 0 saturated carbocycles. The molecule has 0 aliphatic rings. The van der Waals surface area contributed by atoms with Crippen LogP contribution in [0.25, 0.3) is 0 Å². The molecule has 1 heteroatoms. The van der Waals surface area contributed by atoms with Gasteiger partial charge < -0.3 is 4.74 Å². The second-order valence-corrected chi connectivity index (χ2v) is 3.04. The topological polar surface area (TPSA) is 9.23 Å². The molecule has 0 bridgehead atoms. The van der Waals surface area contributed by atoms with Crippen LogP contribution in [-0.2, 0) is 4.74 Å². The zero-order valence-corrected chi connectivity index (χ0v) is 8.35. The number of ether oxygens (including phenoxy) is 1. The van der Waals surface area contributed by atoms with Gasteiger partial charge in [0, 0.05) is 13.2 Å². The first-order chi connectivity index (χ1) is 5.91. The Balaban J connectivity index is 2.77. The van der Waals surface area contributed by atoms with Crippen molar-refractivity contribution in [1.82, 2.24) is 0 Å². The molecular formula is C11H22O. The number of allylic oxidation sites excluding steroid dienone is 1. The molecule has 0 rings (SSSR count). The molecule has 0 fully saturated rings. The molecule has 12 heavy (non-hydrogen) atoms. The van der Waals surface area contributed by atoms with E-state index in [4.69, 9.17) is 4.74 Å². The smallest absolute Gasteiger partial charge is 0.0465 e. The van der Waals surface area contributed by atoms with Crippen LogP contribution in [-0.4, -0.2) is 13.2 Å². The number of hydrogen-bond donors (Lipinski definition) is 0. The van der Waals surface area contributed by atoms with Crippen LogP contribution in [0.3, 0.4) is 0 Å². The predicted molar refractivity (Wildman–Crippen MR) is 54.4 cm³/mol. The lowest BCUT2D eigenvalue weighted by molar-refractivity contribution is 0.143. The first-order valence-corrected chi connectivity index (χ1v) is 5.10. The molecule has 0 radical (unpaired) electrons. The number of rotatable bonds is 9. The molecule has 0 aromatic rings. The summed E-state index contributed by atoms with van der Waals surface area (Å²) in [6.07, 6.45) is 9.71. The molecule has 0 aliphatic heterocycles. The molecule has 0 aromatic carbocycles. The number of unbranched alkanes of at least 4 members (excludes halogenated alkanes) is 5. The summed E-state index contributed by atoms with van der Waals surface area (Å²) in [6, 6.07) is 0. The van der Waals surface area contributed by atoms with Gasteiger partial charge >= 0.3 is 0 Å². The highest BCUT2D eigenvalue weighted by atomic mass is 16.5. The minimum absolute atomic E-state index is 0.858. The maximum atomic E-state index is 5.25. The van der Waals surface area contributed by atoms with E-state index in [1.807, 2.05) is 13.0 Å². The molecule has 0 aliphatic carbocycles. The van der Waals surface area contributed by atoms with Gasteiger partial charge in [-0.3, -0.25) is 0 Å². The van der Waals surface area contributed by atoms with E-state index in [2.05, 4.69) is 6.58 Å². The second kappa shape index (κ2) is 10.7. The molecule has 0 N–H and O–H groups in total. The molecule has 0 unspecified atom stereocenters. The van der Waals surface area contributed by atoms with E-state index in [-0.39, 0.29) is 0 Å². The van der Waals surface area contributed by atoms with Crippen molar-refractivity contribution in [3.63, 3.8) is 0 Å². The van der Waals surface area contributed by atoms with Crippen LogP contribution >= 0.6 is 0 Å². The normalized spacial score (nSPS) is 10.1. The Morgan fingerprint density at radius 1 is 1.08 bits per heavy atom. The van der Waals surface area contributed by atoms with E-state index in [9.17, 15) is 0 Å². The first-order valence-electron chi connectivity index (χ1n) is 5.10. The van der Waals surface area contributed by atoms with Gasteiger partial charge in [-0.15, -0.1) is 6.58 Å². The van der Waals surface area contributed by atoms with E-state index in [0.29, 0.717) is 0 Å². The van der Waals surface area contributed by atoms with E-state index < -0.39 is 0 Å². The van der Waals surface area contributed by atoms with Crippen LogP contribution in [0, 0.1) is 0 Å². The monoisotopic (exact) mass is 170 g/mol. The minimum Gasteiger partial charge on any atom is -0.382 e. The summed E-state index contributed by atoms with van der Waals surface area (Å²) < 4.78 is 5.25. The molecular weight excluding hydrogens is 148 g/mol. The maximum Gasteiger partial charge on any atom is 0.0465 e. The minimum atomic E-state index is 0.858. The lowest BCUT2D eigenvalue weighted by Gasteiger charge is -2.00. The Labute approximate surface area is 76.8 Å². The van der Waals surface area contributed by atoms with Crippen molar-refractivity contribution in [3.8, 4) is 0 Å². The fraction of sp³-hybridized carbons (Fsp3) is 0.818. The predicted octanol–water partition coefficient (Wildman–Crippen LogP) is 3.55. The van der Waals surface area contributed by atoms with Gasteiger partial charge in [0.25, 0.3) is 0 Å². The summed E-state index contributed by atoms with van der Waals surface area (Å²) in [7, 11) is 0. The Kier molecular flexibility index (Phi) is 10.4. The largest absolute Gasteiger partial charge is 0.382 e. The summed E-state index contributed by atoms with van der Waals surface area (Å²) in [5.74, 6) is 0. The lowest BCUT2D eigenvalue weighted by Crippen LogP contribution is -1.92. The Morgan fingerprint density at radius 3 is 2.42 bits per heavy atom. The summed E-state index contributed by atoms with van der Waals surface area (Å²) in [4.78, 5) is 0. The van der Waals surface area contributed by atoms with Crippen LogP contribution in [0.5, 0.6) is 0 Å². The summed E-state index contributed by atoms with van der Waals surface area (Å²) in [5, 5.41) is 0. The highest BCUT2D eigenvalue weighted by Crippen LogP contribution is 2.05. The fourth-order valence-electron chi connectivity index (χ4n) is 1.17. The zero-order chi connectivity index (χ0) is 9.07. The standard InChI is InChI=1S/C11H22O/c1-3-5-6-7-8-9-10-11-12-4-2/h3H,1,4-11H2,2H3. The van der Waals surface area contributed by atoms with Crippen molar-refractivity contribution in [2.45, 2.75) is 45.4 Å². The van der Waals surface area contributed by atoms with Gasteiger partial charge in [-0.2, -0.15) is 0 Å². The van der Waals surface area contributed by atoms with Crippen molar-refractivity contribution in [3.05, 3.63) is 12.7 Å². The van der Waals surface area contributed by atoms with Gasteiger partial charge in [-0.1, -0.05) is 25.3 Å². The van der Waals surface area contributed by atoms with Crippen LogP contribution < -0.4 is 0 Å². The molecule has 0 atom stereocenters. The maximum absolute atomic E-state index is 5.25. The van der Waals surface area contributed by atoms with Crippen LogP contribution in [0.2, 0.25) is 0 Å². The van der Waals surface area contributed by atoms with Gasteiger partial charge in [-0.25, -0.2) is 0 Å². The molecule has 72 valence electrons. The average Bonchev–Trinajstić information content (AvgIpc) is 2.10. The molecule has 0 amide bonds. The third-order valence-electron chi connectivity index (χ3n) is 1.90. The molecule has 1 nitrogen and oxygen atoms in total. The summed E-state index contributed by atoms with van der Waals surface area (Å²) in [5.41, 5.74) is 0. The van der Waals surface area contributed by atoms with Crippen molar-refractivity contribution < 1.29 is 4.74 Å². The Bertz CT molecular complexity index is 89.0. The van der Waals surface area contributed by atoms with E-state index in [0.717, 1.165) is 13.2 Å². The summed E-state index contributed by atoms with van der Waals surface area (Å²) >= 11 is 0. The molecule has 0 aromatic heterocycles. The fourth-order valence-corrected chi connectivity index (χ4v) is 1.17. The van der Waals surface area contributed by atoms with Gasteiger partial charge in [0.1, 0.15) is 0 Å². The van der Waals surface area contributed by atoms with Gasteiger partial charge in [0.05, 0.1) is 0 Å². The van der Waals surface area contributed by atoms with Crippen LogP contribution in [0.4, 0.5) is 0 Å². The van der Waals surface area contributed by atoms with Crippen LogP contribution in [0.15, 0.2) is 12.7 Å².